The van der Waals surface area contributed by atoms with Gasteiger partial charge in [-0.3, -0.25) is 4.72 Å². The average molecular weight is 508 g/mol. The van der Waals surface area contributed by atoms with Gasteiger partial charge >= 0.3 is 0 Å². The van der Waals surface area contributed by atoms with Crippen LogP contribution in [-0.4, -0.2) is 34.8 Å². The Morgan fingerprint density at radius 3 is 2.28 bits per heavy atom. The van der Waals surface area contributed by atoms with Crippen LogP contribution in [0.2, 0.25) is 0 Å². The predicted molar refractivity (Wildman–Crippen MR) is 138 cm³/mol. The van der Waals surface area contributed by atoms with Gasteiger partial charge in [0.05, 0.1) is 17.2 Å². The van der Waals surface area contributed by atoms with Crippen LogP contribution >= 0.6 is 0 Å². The summed E-state index contributed by atoms with van der Waals surface area (Å²) in [5.74, 6) is 2.09. The van der Waals surface area contributed by atoms with E-state index in [2.05, 4.69) is 26.7 Å². The highest BCUT2D eigenvalue weighted by atomic mass is 32.2. The first-order valence-corrected chi connectivity index (χ1v) is 13.1. The second-order valence-electron chi connectivity index (χ2n) is 8.33. The number of nitrogens with one attached hydrogen (secondary N) is 1. The van der Waals surface area contributed by atoms with Crippen LogP contribution in [0.5, 0.6) is 17.4 Å². The van der Waals surface area contributed by atoms with Gasteiger partial charge in [-0.15, -0.1) is 0 Å². The second kappa shape index (κ2) is 10.8. The van der Waals surface area contributed by atoms with Crippen LogP contribution in [0.25, 0.3) is 5.82 Å². The number of ether oxygens (including phenoxy) is 2. The molecule has 0 aliphatic heterocycles. The van der Waals surface area contributed by atoms with Gasteiger partial charge in [0.25, 0.3) is 10.0 Å². The first-order valence-electron chi connectivity index (χ1n) is 11.7. The van der Waals surface area contributed by atoms with Gasteiger partial charge in [-0.1, -0.05) is 13.3 Å². The number of hydrogen-bond acceptors (Lipinski definition) is 7. The molecule has 2 aromatic heterocycles. The first kappa shape index (κ1) is 25.2. The van der Waals surface area contributed by atoms with Crippen LogP contribution in [-0.2, 0) is 10.0 Å². The van der Waals surface area contributed by atoms with Crippen molar-refractivity contribution in [1.82, 2.24) is 19.7 Å². The van der Waals surface area contributed by atoms with Gasteiger partial charge in [0.1, 0.15) is 17.8 Å². The van der Waals surface area contributed by atoms with E-state index < -0.39 is 10.0 Å². The maximum absolute atomic E-state index is 12.8. The minimum absolute atomic E-state index is 0.151. The Labute approximate surface area is 211 Å². The summed E-state index contributed by atoms with van der Waals surface area (Å²) >= 11 is 0. The van der Waals surface area contributed by atoms with Crippen molar-refractivity contribution in [2.45, 2.75) is 45.4 Å². The highest BCUT2D eigenvalue weighted by molar-refractivity contribution is 7.92. The minimum Gasteiger partial charge on any atom is -0.494 e. The molecule has 0 unspecified atom stereocenters. The van der Waals surface area contributed by atoms with Crippen LogP contribution < -0.4 is 14.2 Å². The number of nitrogens with zero attached hydrogens (tertiary/aromatic N) is 4. The number of aromatic nitrogens is 4. The Kier molecular flexibility index (Phi) is 7.54. The summed E-state index contributed by atoms with van der Waals surface area (Å²) in [7, 11) is -3.75. The number of hydrogen-bond donors (Lipinski definition) is 1. The standard InChI is InChI=1S/C26H29N5O4S/c1-5-6-15-34-22-11-13-24(14-12-22)36(32,33)30-21-7-9-23(10-8-21)35-26-16-25(27-17-28-26)31-20(4)18(2)19(3)29-31/h7-14,16-17,30H,5-6,15H2,1-4H3. The van der Waals surface area contributed by atoms with E-state index in [4.69, 9.17) is 9.47 Å². The van der Waals surface area contributed by atoms with E-state index >= 15 is 0 Å². The van der Waals surface area contributed by atoms with Crippen molar-refractivity contribution < 1.29 is 17.9 Å². The molecule has 9 nitrogen and oxygen atoms in total. The van der Waals surface area contributed by atoms with Gasteiger partial charge in [0.2, 0.25) is 5.88 Å². The molecule has 0 aliphatic carbocycles. The van der Waals surface area contributed by atoms with E-state index in [1.54, 1.807) is 47.1 Å². The summed E-state index contributed by atoms with van der Waals surface area (Å²) in [6.07, 6.45) is 3.40. The SMILES string of the molecule is CCCCOc1ccc(S(=O)(=O)Nc2ccc(Oc3cc(-n4nc(C)c(C)c4C)ncn3)cc2)cc1. The van der Waals surface area contributed by atoms with Crippen LogP contribution in [0.3, 0.4) is 0 Å². The van der Waals surface area contributed by atoms with Crippen molar-refractivity contribution in [2.24, 2.45) is 0 Å². The van der Waals surface area contributed by atoms with Gasteiger partial charge in [0, 0.05) is 17.4 Å². The van der Waals surface area contributed by atoms with Crippen LogP contribution in [0.1, 0.15) is 36.7 Å². The van der Waals surface area contributed by atoms with Crippen LogP contribution in [0, 0.1) is 20.8 Å². The number of benzene rings is 2. The lowest BCUT2D eigenvalue weighted by atomic mass is 10.2. The maximum Gasteiger partial charge on any atom is 0.261 e. The first-order chi connectivity index (χ1) is 17.3. The Balaban J connectivity index is 1.42. The molecule has 0 atom stereocenters. The Bertz CT molecular complexity index is 1430. The van der Waals surface area contributed by atoms with Gasteiger partial charge < -0.3 is 9.47 Å². The number of unbranched alkanes of at least 4 members (excludes halogenated alkanes) is 1. The zero-order chi connectivity index (χ0) is 25.7. The van der Waals surface area contributed by atoms with E-state index in [-0.39, 0.29) is 4.90 Å². The number of rotatable bonds is 10. The molecule has 10 heteroatoms. The molecule has 2 heterocycles. The zero-order valence-corrected chi connectivity index (χ0v) is 21.5. The molecule has 0 spiro atoms. The molecule has 0 radical (unpaired) electrons. The largest absolute Gasteiger partial charge is 0.494 e. The fourth-order valence-electron chi connectivity index (χ4n) is 3.42. The lowest BCUT2D eigenvalue weighted by Gasteiger charge is -2.11. The molecule has 4 aromatic rings. The molecule has 188 valence electrons. The molecule has 0 bridgehead atoms. The molecule has 36 heavy (non-hydrogen) atoms. The molecule has 1 N–H and O–H groups in total. The highest BCUT2D eigenvalue weighted by Gasteiger charge is 2.15. The average Bonchev–Trinajstić information content (AvgIpc) is 3.13. The topological polar surface area (TPSA) is 108 Å². The van der Waals surface area contributed by atoms with E-state index in [0.717, 1.165) is 29.8 Å². The summed E-state index contributed by atoms with van der Waals surface area (Å²) in [6.45, 7) is 8.63. The summed E-state index contributed by atoms with van der Waals surface area (Å²) in [4.78, 5) is 8.62. The molecular weight excluding hydrogens is 478 g/mol. The van der Waals surface area contributed by atoms with Gasteiger partial charge in [-0.2, -0.15) is 5.10 Å². The Morgan fingerprint density at radius 2 is 1.64 bits per heavy atom. The fourth-order valence-corrected chi connectivity index (χ4v) is 4.48. The summed E-state index contributed by atoms with van der Waals surface area (Å²) < 4.78 is 41.3. The van der Waals surface area contributed by atoms with Crippen LogP contribution in [0.4, 0.5) is 5.69 Å². The third-order valence-electron chi connectivity index (χ3n) is 5.73. The van der Waals surface area contributed by atoms with E-state index in [1.807, 2.05) is 20.8 Å². The van der Waals surface area contributed by atoms with E-state index in [0.29, 0.717) is 35.5 Å². The molecule has 0 saturated carbocycles. The van der Waals surface area contributed by atoms with Crippen molar-refractivity contribution in [2.75, 3.05) is 11.3 Å². The normalized spacial score (nSPS) is 11.3. The molecule has 0 aliphatic rings. The van der Waals surface area contributed by atoms with Gasteiger partial charge in [0.15, 0.2) is 5.82 Å². The van der Waals surface area contributed by atoms with Crippen molar-refractivity contribution in [3.8, 4) is 23.2 Å². The van der Waals surface area contributed by atoms with Gasteiger partial charge in [-0.05, 0) is 81.3 Å². The number of sulfonamides is 1. The molecule has 4 rings (SSSR count). The Morgan fingerprint density at radius 1 is 0.944 bits per heavy atom. The highest BCUT2D eigenvalue weighted by Crippen LogP contribution is 2.25. The molecule has 0 amide bonds. The monoisotopic (exact) mass is 507 g/mol. The zero-order valence-electron chi connectivity index (χ0n) is 20.7. The van der Waals surface area contributed by atoms with Crippen molar-refractivity contribution in [3.63, 3.8) is 0 Å². The van der Waals surface area contributed by atoms with E-state index in [1.165, 1.54) is 18.5 Å². The quantitative estimate of drug-likeness (QED) is 0.288. The molecule has 0 saturated heterocycles. The smallest absolute Gasteiger partial charge is 0.261 e. The fraction of sp³-hybridized carbons (Fsp3) is 0.269. The third-order valence-corrected chi connectivity index (χ3v) is 7.12. The lowest BCUT2D eigenvalue weighted by Crippen LogP contribution is -2.12. The summed E-state index contributed by atoms with van der Waals surface area (Å²) in [6, 6.07) is 14.6. The summed E-state index contributed by atoms with van der Waals surface area (Å²) in [5, 5.41) is 4.52. The van der Waals surface area contributed by atoms with Crippen molar-refractivity contribution >= 4 is 15.7 Å². The molecule has 2 aromatic carbocycles. The predicted octanol–water partition coefficient (Wildman–Crippen LogP) is 5.36. The summed E-state index contributed by atoms with van der Waals surface area (Å²) in [5.41, 5.74) is 3.44. The van der Waals surface area contributed by atoms with Crippen LogP contribution in [0.15, 0.2) is 65.8 Å². The lowest BCUT2D eigenvalue weighted by molar-refractivity contribution is 0.309. The minimum atomic E-state index is -3.75. The second-order valence-corrected chi connectivity index (χ2v) is 10.0. The number of aryl methyl sites for hydroxylation is 1. The molecule has 0 fully saturated rings. The maximum atomic E-state index is 12.8. The number of anilines is 1. The van der Waals surface area contributed by atoms with E-state index in [9.17, 15) is 8.42 Å². The third kappa shape index (κ3) is 5.83. The Hall–Kier alpha value is -3.92. The molecular formula is C26H29N5O4S. The van der Waals surface area contributed by atoms with Crippen molar-refractivity contribution in [1.29, 1.82) is 0 Å². The van der Waals surface area contributed by atoms with Crippen molar-refractivity contribution in [3.05, 3.63) is 77.9 Å². The van der Waals surface area contributed by atoms with Gasteiger partial charge in [-0.25, -0.2) is 23.1 Å².